The molecule has 1 saturated heterocycles. The second-order valence-corrected chi connectivity index (χ2v) is 12.3. The van der Waals surface area contributed by atoms with Crippen molar-refractivity contribution in [1.82, 2.24) is 5.32 Å². The third kappa shape index (κ3) is 6.32. The van der Waals surface area contributed by atoms with Gasteiger partial charge in [0.25, 0.3) is 5.91 Å². The zero-order valence-corrected chi connectivity index (χ0v) is 25.5. The summed E-state index contributed by atoms with van der Waals surface area (Å²) in [5.41, 5.74) is 2.39. The maximum Gasteiger partial charge on any atom is 0.258 e. The van der Waals surface area contributed by atoms with Crippen LogP contribution in [0.3, 0.4) is 0 Å². The second-order valence-electron chi connectivity index (χ2n) is 12.3. The third-order valence-corrected chi connectivity index (χ3v) is 8.29. The normalized spacial score (nSPS) is 26.2. The number of rotatable bonds is 10. The SMILES string of the molecule is CC(C)(C)c1ccc(OCC(=O)NCCO[C@@H]2OC(CO)[C@@H](O)C(O)C2O)c(C2(c3ccccc3)C(=O)Nc3ccccc32)c1. The Hall–Kier alpha value is -3.84. The first-order valence-corrected chi connectivity index (χ1v) is 14.9. The number of carbonyl (C=O) groups excluding carboxylic acids is 2. The van der Waals surface area contributed by atoms with Gasteiger partial charge in [0.15, 0.2) is 12.9 Å². The zero-order chi connectivity index (χ0) is 32.4. The van der Waals surface area contributed by atoms with Gasteiger partial charge in [0.2, 0.25) is 5.91 Å². The Morgan fingerprint density at radius 3 is 2.38 bits per heavy atom. The lowest BCUT2D eigenvalue weighted by molar-refractivity contribution is -0.300. The van der Waals surface area contributed by atoms with Crippen LogP contribution in [-0.2, 0) is 29.9 Å². The molecular weight excluding hydrogens is 580 g/mol. The van der Waals surface area contributed by atoms with Crippen LogP contribution in [0, 0.1) is 0 Å². The van der Waals surface area contributed by atoms with E-state index in [4.69, 9.17) is 14.2 Å². The molecule has 6 N–H and O–H groups in total. The van der Waals surface area contributed by atoms with Gasteiger partial charge in [-0.2, -0.15) is 0 Å². The molecule has 3 aromatic carbocycles. The maximum atomic E-state index is 14.1. The van der Waals surface area contributed by atoms with Crippen LogP contribution in [0.5, 0.6) is 5.75 Å². The minimum atomic E-state index is -1.56. The third-order valence-electron chi connectivity index (χ3n) is 8.29. The Balaban J connectivity index is 1.35. The number of benzene rings is 3. The van der Waals surface area contributed by atoms with Crippen molar-refractivity contribution in [3.63, 3.8) is 0 Å². The fourth-order valence-corrected chi connectivity index (χ4v) is 5.84. The largest absolute Gasteiger partial charge is 0.483 e. The van der Waals surface area contributed by atoms with E-state index in [1.807, 2.05) is 66.7 Å². The highest BCUT2D eigenvalue weighted by Crippen LogP contribution is 2.51. The molecule has 4 unspecified atom stereocenters. The Morgan fingerprint density at radius 1 is 0.956 bits per heavy atom. The number of nitrogens with one attached hydrogen (secondary N) is 2. The topological polar surface area (TPSA) is 167 Å². The number of amides is 2. The second kappa shape index (κ2) is 13.3. The molecule has 0 spiro atoms. The first kappa shape index (κ1) is 32.6. The van der Waals surface area contributed by atoms with Crippen LogP contribution in [0.2, 0.25) is 0 Å². The molecule has 0 bridgehead atoms. The van der Waals surface area contributed by atoms with E-state index in [0.29, 0.717) is 17.0 Å². The molecule has 11 nitrogen and oxygen atoms in total. The Labute approximate surface area is 261 Å². The van der Waals surface area contributed by atoms with E-state index in [9.17, 15) is 30.0 Å². The predicted molar refractivity (Wildman–Crippen MR) is 165 cm³/mol. The van der Waals surface area contributed by atoms with Gasteiger partial charge in [-0.05, 0) is 34.7 Å². The molecule has 2 aliphatic heterocycles. The van der Waals surface area contributed by atoms with Gasteiger partial charge in [0.05, 0.1) is 13.2 Å². The Bertz CT molecular complexity index is 1510. The number of hydrogen-bond acceptors (Lipinski definition) is 9. The maximum absolute atomic E-state index is 14.1. The number of fused-ring (bicyclic) bond motifs is 1. The summed E-state index contributed by atoms with van der Waals surface area (Å²) in [6.07, 6.45) is -6.98. The van der Waals surface area contributed by atoms with Crippen LogP contribution in [0.25, 0.3) is 0 Å². The molecule has 2 aliphatic rings. The lowest BCUT2D eigenvalue weighted by Gasteiger charge is -2.39. The van der Waals surface area contributed by atoms with Crippen LogP contribution in [-0.4, -0.2) is 89.3 Å². The van der Waals surface area contributed by atoms with Crippen molar-refractivity contribution >= 4 is 17.5 Å². The molecular formula is C34H40N2O9. The van der Waals surface area contributed by atoms with E-state index >= 15 is 0 Å². The van der Waals surface area contributed by atoms with Crippen molar-refractivity contribution in [2.24, 2.45) is 0 Å². The molecule has 0 radical (unpaired) electrons. The van der Waals surface area contributed by atoms with Crippen molar-refractivity contribution < 1.29 is 44.2 Å². The molecule has 11 heteroatoms. The van der Waals surface area contributed by atoms with Gasteiger partial charge in [-0.1, -0.05) is 75.4 Å². The van der Waals surface area contributed by atoms with Gasteiger partial charge in [-0.3, -0.25) is 9.59 Å². The number of hydrogen-bond donors (Lipinski definition) is 6. The summed E-state index contributed by atoms with van der Waals surface area (Å²) in [5, 5.41) is 45.1. The molecule has 5 rings (SSSR count). The number of aliphatic hydroxyl groups is 4. The van der Waals surface area contributed by atoms with Crippen LogP contribution in [0.1, 0.15) is 43.0 Å². The molecule has 6 atom stereocenters. The van der Waals surface area contributed by atoms with Gasteiger partial charge in [-0.15, -0.1) is 0 Å². The monoisotopic (exact) mass is 620 g/mol. The van der Waals surface area contributed by atoms with E-state index < -0.39 is 48.6 Å². The van der Waals surface area contributed by atoms with Crippen molar-refractivity contribution in [2.75, 3.05) is 31.7 Å². The summed E-state index contributed by atoms with van der Waals surface area (Å²) in [6, 6.07) is 22.8. The van der Waals surface area contributed by atoms with Crippen molar-refractivity contribution in [3.05, 3.63) is 95.1 Å². The van der Waals surface area contributed by atoms with E-state index in [2.05, 4.69) is 31.4 Å². The standard InChI is InChI=1S/C34H40N2O9/c1-33(2,3)21-13-14-25(44-19-27(38)35-15-16-43-31-30(41)29(40)28(39)26(18-37)45-31)23(17-21)34(20-9-5-4-6-10-20)22-11-7-8-12-24(22)36-32(34)42/h4-14,17,26,28-31,37,39-41H,15-16,18-19H2,1-3H3,(H,35,38)(H,36,42)/t26?,28-,29?,30?,31-,34?/m1/s1. The Morgan fingerprint density at radius 2 is 1.67 bits per heavy atom. The molecule has 240 valence electrons. The molecule has 2 amide bonds. The summed E-state index contributed by atoms with van der Waals surface area (Å²) >= 11 is 0. The minimum absolute atomic E-state index is 0.0246. The van der Waals surface area contributed by atoms with Gasteiger partial charge in [0.1, 0.15) is 35.6 Å². The summed E-state index contributed by atoms with van der Waals surface area (Å²) in [7, 11) is 0. The van der Waals surface area contributed by atoms with Gasteiger partial charge >= 0.3 is 0 Å². The highest BCUT2D eigenvalue weighted by molar-refractivity contribution is 6.11. The summed E-state index contributed by atoms with van der Waals surface area (Å²) in [6.45, 7) is 5.27. The van der Waals surface area contributed by atoms with Crippen molar-refractivity contribution in [3.8, 4) is 5.75 Å². The van der Waals surface area contributed by atoms with Crippen molar-refractivity contribution in [1.29, 1.82) is 0 Å². The first-order chi connectivity index (χ1) is 21.5. The average molecular weight is 621 g/mol. The molecule has 45 heavy (non-hydrogen) atoms. The fraction of sp³-hybridized carbons (Fsp3) is 0.412. The van der Waals surface area contributed by atoms with Crippen LogP contribution < -0.4 is 15.4 Å². The number of aliphatic hydroxyl groups excluding tert-OH is 4. The van der Waals surface area contributed by atoms with E-state index in [0.717, 1.165) is 16.7 Å². The number of carbonyl (C=O) groups is 2. The number of anilines is 1. The zero-order valence-electron chi connectivity index (χ0n) is 25.5. The van der Waals surface area contributed by atoms with E-state index in [1.54, 1.807) is 6.07 Å². The Kier molecular flexibility index (Phi) is 9.59. The molecule has 0 aliphatic carbocycles. The molecule has 0 aromatic heterocycles. The molecule has 0 saturated carbocycles. The predicted octanol–water partition coefficient (Wildman–Crippen LogP) is 1.58. The fourth-order valence-electron chi connectivity index (χ4n) is 5.84. The lowest BCUT2D eigenvalue weighted by Crippen LogP contribution is -2.59. The highest BCUT2D eigenvalue weighted by Gasteiger charge is 2.51. The van der Waals surface area contributed by atoms with Crippen LogP contribution in [0.4, 0.5) is 5.69 Å². The summed E-state index contributed by atoms with van der Waals surface area (Å²) in [5.74, 6) is -0.296. The quantitative estimate of drug-likeness (QED) is 0.185. The van der Waals surface area contributed by atoms with Crippen LogP contribution in [0.15, 0.2) is 72.8 Å². The first-order valence-electron chi connectivity index (χ1n) is 14.9. The van der Waals surface area contributed by atoms with Crippen LogP contribution >= 0.6 is 0 Å². The average Bonchev–Trinajstić information content (AvgIpc) is 3.33. The van der Waals surface area contributed by atoms with E-state index in [-0.39, 0.29) is 31.1 Å². The van der Waals surface area contributed by atoms with Gasteiger partial charge < -0.3 is 45.3 Å². The number of para-hydroxylation sites is 1. The lowest BCUT2D eigenvalue weighted by atomic mass is 9.68. The van der Waals surface area contributed by atoms with E-state index in [1.165, 1.54) is 0 Å². The summed E-state index contributed by atoms with van der Waals surface area (Å²) in [4.78, 5) is 26.9. The van der Waals surface area contributed by atoms with Gasteiger partial charge in [0, 0.05) is 23.4 Å². The molecule has 1 fully saturated rings. The smallest absolute Gasteiger partial charge is 0.258 e. The molecule has 3 aromatic rings. The van der Waals surface area contributed by atoms with Crippen molar-refractivity contribution in [2.45, 2.75) is 62.3 Å². The number of ether oxygens (including phenoxy) is 3. The van der Waals surface area contributed by atoms with Gasteiger partial charge in [-0.25, -0.2) is 0 Å². The highest BCUT2D eigenvalue weighted by atomic mass is 16.7. The summed E-state index contributed by atoms with van der Waals surface area (Å²) < 4.78 is 16.9. The minimum Gasteiger partial charge on any atom is -0.483 e. The molecule has 2 heterocycles.